The largest absolute Gasteiger partial charge is 0.418 e. The molecule has 0 saturated heterocycles. The lowest BCUT2D eigenvalue weighted by Crippen LogP contribution is -2.29. The molecule has 0 aliphatic rings. The van der Waals surface area contributed by atoms with Crippen LogP contribution in [0.25, 0.3) is 0 Å². The van der Waals surface area contributed by atoms with Gasteiger partial charge in [0, 0.05) is 6.61 Å². The maximum atomic E-state index is 5.61. The van der Waals surface area contributed by atoms with Crippen molar-refractivity contribution in [2.24, 2.45) is 0 Å². The Bertz CT molecular complexity index is 106. The quantitative estimate of drug-likeness (QED) is 0.517. The molecule has 0 aromatic heterocycles. The maximum absolute atomic E-state index is 5.61. The van der Waals surface area contributed by atoms with Gasteiger partial charge in [-0.05, 0) is 32.5 Å². The van der Waals surface area contributed by atoms with Gasteiger partial charge in [-0.2, -0.15) is 0 Å². The zero-order valence-corrected chi connectivity index (χ0v) is 11.5. The summed E-state index contributed by atoms with van der Waals surface area (Å²) in [5, 5.41) is 0. The maximum Gasteiger partial charge on any atom is 0.186 e. The molecule has 0 unspecified atom stereocenters. The van der Waals surface area contributed by atoms with Crippen molar-refractivity contribution in [1.29, 1.82) is 0 Å². The smallest absolute Gasteiger partial charge is 0.186 e. The van der Waals surface area contributed by atoms with Crippen LogP contribution in [0.1, 0.15) is 33.6 Å². The van der Waals surface area contributed by atoms with Crippen molar-refractivity contribution < 1.29 is 9.90 Å². The highest BCUT2D eigenvalue weighted by molar-refractivity contribution is 6.71. The van der Waals surface area contributed by atoms with E-state index in [4.69, 9.17) is 4.43 Å². The lowest BCUT2D eigenvalue weighted by Gasteiger charge is -2.20. The Hall–Kier alpha value is -0.123. The Balaban J connectivity index is -0.000000209. The van der Waals surface area contributed by atoms with Crippen molar-refractivity contribution in [3.8, 4) is 0 Å². The van der Waals surface area contributed by atoms with E-state index in [1.54, 1.807) is 0 Å². The molecule has 0 spiro atoms. The van der Waals surface area contributed by atoms with E-state index in [1.807, 2.05) is 6.08 Å². The van der Waals surface area contributed by atoms with Gasteiger partial charge in [-0.15, -0.1) is 6.58 Å². The first-order valence-electron chi connectivity index (χ1n) is 5.28. The van der Waals surface area contributed by atoms with Gasteiger partial charge in [-0.1, -0.05) is 26.3 Å². The molecule has 0 aromatic carbocycles. The van der Waals surface area contributed by atoms with Crippen LogP contribution in [0.4, 0.5) is 0 Å². The summed E-state index contributed by atoms with van der Waals surface area (Å²) in [4.78, 5) is 0. The highest BCUT2D eigenvalue weighted by atomic mass is 28.4. The number of hydrogen-bond acceptors (Lipinski definition) is 1. The van der Waals surface area contributed by atoms with Gasteiger partial charge < -0.3 is 9.90 Å². The molecular formula is C11H28O2Si. The van der Waals surface area contributed by atoms with Gasteiger partial charge in [-0.3, -0.25) is 0 Å². The van der Waals surface area contributed by atoms with Gasteiger partial charge in [0.1, 0.15) is 0 Å². The van der Waals surface area contributed by atoms with Crippen molar-refractivity contribution in [3.05, 3.63) is 12.7 Å². The molecule has 14 heavy (non-hydrogen) atoms. The fourth-order valence-corrected chi connectivity index (χ4v) is 3.19. The van der Waals surface area contributed by atoms with Crippen molar-refractivity contribution >= 4 is 8.32 Å². The summed E-state index contributed by atoms with van der Waals surface area (Å²) in [5.74, 6) is 0. The second-order valence-electron chi connectivity index (χ2n) is 3.64. The summed E-state index contributed by atoms with van der Waals surface area (Å²) in [7, 11) is -1.20. The summed E-state index contributed by atoms with van der Waals surface area (Å²) in [6.45, 7) is 15.3. The Labute approximate surface area is 90.8 Å². The third kappa shape index (κ3) is 17.8. The number of rotatable bonds is 5. The van der Waals surface area contributed by atoms with Gasteiger partial charge in [0.2, 0.25) is 0 Å². The zero-order chi connectivity index (χ0) is 10.7. The standard InChI is InChI=1S/C7H18OSi.C4H8.H2O/c1-5-7-9(3,4)8-6-2;1-3-4-2;/h5-7H2,1-4H3;3H,1,4H2,2H3;1H2. The molecule has 0 atom stereocenters. The van der Waals surface area contributed by atoms with Crippen LogP contribution in [-0.2, 0) is 4.43 Å². The molecule has 2 N–H and O–H groups in total. The van der Waals surface area contributed by atoms with E-state index in [0.29, 0.717) is 0 Å². The van der Waals surface area contributed by atoms with Gasteiger partial charge in [0.15, 0.2) is 8.32 Å². The minimum Gasteiger partial charge on any atom is -0.418 e. The number of hydrogen-bond donors (Lipinski definition) is 0. The van der Waals surface area contributed by atoms with Crippen molar-refractivity contribution in [2.45, 2.75) is 52.8 Å². The highest BCUT2D eigenvalue weighted by Gasteiger charge is 2.19. The molecule has 0 radical (unpaired) electrons. The lowest BCUT2D eigenvalue weighted by atomic mass is 10.5. The van der Waals surface area contributed by atoms with Gasteiger partial charge in [0.25, 0.3) is 0 Å². The molecular weight excluding hydrogens is 192 g/mol. The van der Waals surface area contributed by atoms with Crippen molar-refractivity contribution in [2.75, 3.05) is 6.61 Å². The topological polar surface area (TPSA) is 40.7 Å². The normalized spacial score (nSPS) is 9.50. The first kappa shape index (κ1) is 19.4. The summed E-state index contributed by atoms with van der Waals surface area (Å²) in [6.07, 6.45) is 4.22. The fraction of sp³-hybridized carbons (Fsp3) is 0.818. The van der Waals surface area contributed by atoms with Crippen LogP contribution >= 0.6 is 0 Å². The Morgan fingerprint density at radius 1 is 1.21 bits per heavy atom. The third-order valence-electron chi connectivity index (χ3n) is 1.68. The molecule has 88 valence electrons. The zero-order valence-electron chi connectivity index (χ0n) is 10.5. The first-order chi connectivity index (χ1) is 6.04. The summed E-state index contributed by atoms with van der Waals surface area (Å²) in [6, 6.07) is 1.29. The van der Waals surface area contributed by atoms with E-state index in [1.165, 1.54) is 12.5 Å². The van der Waals surface area contributed by atoms with Crippen molar-refractivity contribution in [3.63, 3.8) is 0 Å². The third-order valence-corrected chi connectivity index (χ3v) is 4.45. The van der Waals surface area contributed by atoms with Crippen molar-refractivity contribution in [1.82, 2.24) is 0 Å². The van der Waals surface area contributed by atoms with E-state index in [0.717, 1.165) is 13.0 Å². The van der Waals surface area contributed by atoms with Gasteiger partial charge in [0.05, 0.1) is 0 Å². The molecule has 0 heterocycles. The molecule has 0 aliphatic heterocycles. The van der Waals surface area contributed by atoms with Crippen LogP contribution in [0.2, 0.25) is 19.1 Å². The van der Waals surface area contributed by atoms with E-state index < -0.39 is 8.32 Å². The van der Waals surface area contributed by atoms with Crippen LogP contribution in [0.15, 0.2) is 12.7 Å². The Morgan fingerprint density at radius 3 is 1.86 bits per heavy atom. The van der Waals surface area contributed by atoms with Gasteiger partial charge in [-0.25, -0.2) is 0 Å². The minimum atomic E-state index is -1.20. The van der Waals surface area contributed by atoms with E-state index >= 15 is 0 Å². The lowest BCUT2D eigenvalue weighted by molar-refractivity contribution is 0.328. The van der Waals surface area contributed by atoms with E-state index in [-0.39, 0.29) is 5.48 Å². The summed E-state index contributed by atoms with van der Waals surface area (Å²) < 4.78 is 5.61. The van der Waals surface area contributed by atoms with Gasteiger partial charge >= 0.3 is 0 Å². The number of allylic oxidation sites excluding steroid dienone is 1. The monoisotopic (exact) mass is 220 g/mol. The van der Waals surface area contributed by atoms with Crippen LogP contribution in [-0.4, -0.2) is 20.4 Å². The average molecular weight is 220 g/mol. The highest BCUT2D eigenvalue weighted by Crippen LogP contribution is 2.12. The molecule has 3 heteroatoms. The molecule has 0 aromatic rings. The van der Waals surface area contributed by atoms with Crippen LogP contribution < -0.4 is 0 Å². The summed E-state index contributed by atoms with van der Waals surface area (Å²) >= 11 is 0. The molecule has 0 amide bonds. The summed E-state index contributed by atoms with van der Waals surface area (Å²) in [5.41, 5.74) is 0. The minimum absolute atomic E-state index is 0. The van der Waals surface area contributed by atoms with E-state index in [2.05, 4.69) is 40.4 Å². The molecule has 0 fully saturated rings. The Morgan fingerprint density at radius 2 is 1.64 bits per heavy atom. The predicted molar refractivity (Wildman–Crippen MR) is 68.3 cm³/mol. The molecule has 0 bridgehead atoms. The molecule has 2 nitrogen and oxygen atoms in total. The van der Waals surface area contributed by atoms with Crippen LogP contribution in [0.5, 0.6) is 0 Å². The average Bonchev–Trinajstić information content (AvgIpc) is 2.04. The first-order valence-corrected chi connectivity index (χ1v) is 8.40. The molecule has 0 saturated carbocycles. The second kappa shape index (κ2) is 12.9. The second-order valence-corrected chi connectivity index (χ2v) is 7.95. The van der Waals surface area contributed by atoms with Crippen LogP contribution in [0, 0.1) is 0 Å². The SMILES string of the molecule is C=CCC.CCC[Si](C)(C)OCC.O. The molecule has 0 aliphatic carbocycles. The fourth-order valence-electron chi connectivity index (χ4n) is 1.06. The predicted octanol–water partition coefficient (Wildman–Crippen LogP) is 3.40. The Kier molecular flexibility index (Phi) is 17.9. The van der Waals surface area contributed by atoms with E-state index in [9.17, 15) is 0 Å². The molecule has 0 rings (SSSR count). The van der Waals surface area contributed by atoms with Crippen LogP contribution in [0.3, 0.4) is 0 Å².